The quantitative estimate of drug-likeness (QED) is 0.00919. The molecule has 5 aromatic rings. The van der Waals surface area contributed by atoms with E-state index in [1.54, 1.807) is 57.4 Å². The Balaban J connectivity index is 0.554. The van der Waals surface area contributed by atoms with E-state index in [0.29, 0.717) is 186 Å². The van der Waals surface area contributed by atoms with Crippen molar-refractivity contribution in [2.45, 2.75) is 244 Å². The van der Waals surface area contributed by atoms with Gasteiger partial charge in [0, 0.05) is 108 Å². The number of piperidine rings is 1. The Morgan fingerprint density at radius 1 is 0.752 bits per heavy atom. The van der Waals surface area contributed by atoms with Crippen LogP contribution >= 0.6 is 0 Å². The number of rotatable bonds is 40. The minimum absolute atomic E-state index is 0.00680. The van der Waals surface area contributed by atoms with Crippen LogP contribution in [0.4, 0.5) is 5.82 Å². The second-order valence-electron chi connectivity index (χ2n) is 35.3. The van der Waals surface area contributed by atoms with Crippen LogP contribution in [-0.2, 0) is 103 Å². The molecule has 2 saturated heterocycles. The topological polar surface area (TPSA) is 423 Å². The highest BCUT2D eigenvalue weighted by Gasteiger charge is 2.53. The number of ether oxygens (including phenoxy) is 13. The predicted molar refractivity (Wildman–Crippen MR) is 481 cm³/mol. The number of nitrogens with zero attached hydrogens (tertiary/aromatic N) is 8. The molecule has 0 unspecified atom stereocenters. The summed E-state index contributed by atoms with van der Waals surface area (Å²) in [7, 11) is 6.28. The first-order chi connectivity index (χ1) is 62.3. The van der Waals surface area contributed by atoms with Gasteiger partial charge in [-0.1, -0.05) is 88.4 Å². The number of para-hydroxylation sites is 1. The van der Waals surface area contributed by atoms with Crippen molar-refractivity contribution < 1.29 is 105 Å². The Labute approximate surface area is 758 Å². The summed E-state index contributed by atoms with van der Waals surface area (Å²) >= 11 is 0. The Bertz CT molecular complexity index is 4500. The van der Waals surface area contributed by atoms with E-state index in [-0.39, 0.29) is 97.6 Å². The summed E-state index contributed by atoms with van der Waals surface area (Å²) in [5, 5.41) is 43.9. The van der Waals surface area contributed by atoms with E-state index in [1.165, 1.54) is 18.3 Å². The van der Waals surface area contributed by atoms with Crippen LogP contribution in [0.3, 0.4) is 0 Å². The summed E-state index contributed by atoms with van der Waals surface area (Å²) in [6.45, 7) is 19.0. The summed E-state index contributed by atoms with van der Waals surface area (Å²) < 4.78 is 79.9. The predicted octanol–water partition coefficient (Wildman–Crippen LogP) is 9.69. The molecule has 0 spiro atoms. The van der Waals surface area contributed by atoms with Gasteiger partial charge in [0.15, 0.2) is 11.6 Å². The van der Waals surface area contributed by atoms with Crippen LogP contribution in [0.2, 0.25) is 0 Å². The third kappa shape index (κ3) is 29.9. The number of fused-ring (bicyclic) bond motifs is 5. The Morgan fingerprint density at radius 2 is 1.47 bits per heavy atom. The molecule has 34 nitrogen and oxygen atoms in total. The molecule has 5 aliphatic rings. The van der Waals surface area contributed by atoms with Gasteiger partial charge in [-0.3, -0.25) is 28.8 Å². The lowest BCUT2D eigenvalue weighted by atomic mass is 9.78. The highest BCUT2D eigenvalue weighted by Crippen LogP contribution is 2.42. The first kappa shape index (κ1) is 102. The molecule has 3 amide bonds. The highest BCUT2D eigenvalue weighted by molar-refractivity contribution is 6.39. The van der Waals surface area contributed by atoms with Crippen molar-refractivity contribution in [1.29, 1.82) is 0 Å². The van der Waals surface area contributed by atoms with E-state index in [1.807, 2.05) is 88.5 Å². The fraction of sp³-hybridized carbons (Fsp3) is 0.684. The molecule has 2 aliphatic carbocycles. The molecule has 714 valence electrons. The Kier molecular flexibility index (Phi) is 41.8. The van der Waals surface area contributed by atoms with E-state index in [9.17, 15) is 43.8 Å². The standard InChI is InChI=1S/C95H142N12O22/c1-61-20-13-12-14-21-62(2)79(118-9)57-73-32-26-67(7)95(116,129-73)89(112)93(114)106-37-17-15-24-75(106)94(115)128-80(58-76(108)63(3)53-66(6)87(111)88(120-11)86(110)65(5)52-61)64(4)54-68-27-33-77(81(55-68)119-10)127-39-18-16-23-72-59-105(104-103-72)38-43-124-47-49-126-51-50-125-48-44-121-40-34-82(109)97-35-41-122-45-46-123-42-36-98-92(113)70-30-28-69(29-31-70)91-102-84(85-90(96)99-60-100-107(85)91)74-56-71-22-19-25-78(117-8)83(71)101-74/h12-14,19-22,25,53,56,59-61,63-65,67-70,73,75,77,79-81,87-88,101,111,116H,15-18,23-24,26-52,54-55,57-58H2,1-11H3,(H,97,109)(H,98,113)(H2,96,99,100)/b14-12+,20-13+,62-21+,66-53+/t61-,63-,64-,65-,67-,68+,69?,70?,73+,75+,77-,79+,80+,81-,87-,88+,95-/m1/s1. The molecule has 129 heavy (non-hydrogen) atoms. The first-order valence-corrected chi connectivity index (χ1v) is 46.5. The van der Waals surface area contributed by atoms with Gasteiger partial charge in [-0.15, -0.1) is 5.10 Å². The number of nitrogens with two attached hydrogens (primary N) is 1. The maximum Gasteiger partial charge on any atom is 0.329 e. The van der Waals surface area contributed by atoms with E-state index < -0.39 is 77.8 Å². The molecule has 2 bridgehead atoms. The summed E-state index contributed by atoms with van der Waals surface area (Å²) in [5.41, 5.74) is 11.5. The van der Waals surface area contributed by atoms with Gasteiger partial charge in [-0.05, 0) is 164 Å². The summed E-state index contributed by atoms with van der Waals surface area (Å²) in [6.07, 6.45) is 20.7. The number of aromatic nitrogens is 8. The lowest BCUT2D eigenvalue weighted by Gasteiger charge is -2.42. The number of cyclic esters (lactones) is 1. The minimum atomic E-state index is -2.46. The van der Waals surface area contributed by atoms with Gasteiger partial charge in [0.2, 0.25) is 17.6 Å². The SMILES string of the molecule is COc1cccc2cc(-c3nc(C4CCC(C(=O)NCCOCCOCCNC(=O)CCOCCOCCOCCOCCn5cc(CCCCO[C@@H]6CC[C@@H](C[C@@H](C)[C@@H]7CC(=O)[C@H](C)/C=C(\C)[C@@H](O)[C@@H](OC)C(=O)[C@H](C)C[C@H](C)/C=C/C=C/C=C(\C)[C@@H](OC)C[C@@H]8CC[C@@H](C)[C@@](O)(O8)C(=O)C(=O)N8CCCC[C@H]8C(=O)O7)C[C@H]6OC)nn5)CC4)n4ncnc(N)c34)[nH]c12. The molecule has 7 N–H and O–H groups in total. The smallest absolute Gasteiger partial charge is 0.329 e. The number of Topliss-reactive ketones (excluding diaryl/α,β-unsaturated/α-hetero) is 3. The van der Waals surface area contributed by atoms with E-state index in [4.69, 9.17) is 72.3 Å². The van der Waals surface area contributed by atoms with Crippen molar-refractivity contribution in [3.05, 3.63) is 95.9 Å². The van der Waals surface area contributed by atoms with Crippen molar-refractivity contribution >= 4 is 63.3 Å². The zero-order valence-corrected chi connectivity index (χ0v) is 77.5. The molecule has 34 heteroatoms. The van der Waals surface area contributed by atoms with Gasteiger partial charge in [0.25, 0.3) is 11.7 Å². The molecule has 15 atom stereocenters. The van der Waals surface area contributed by atoms with Gasteiger partial charge in [0.1, 0.15) is 59.2 Å². The number of anilines is 1. The third-order valence-corrected chi connectivity index (χ3v) is 25.8. The lowest BCUT2D eigenvalue weighted by Crippen LogP contribution is -2.61. The average molecular weight is 1800 g/mol. The van der Waals surface area contributed by atoms with Crippen molar-refractivity contribution in [1.82, 2.24) is 55.1 Å². The Morgan fingerprint density at radius 3 is 2.18 bits per heavy atom. The highest BCUT2D eigenvalue weighted by atomic mass is 16.6. The number of aliphatic hydroxyl groups excluding tert-OH is 1. The number of benzene rings is 1. The van der Waals surface area contributed by atoms with E-state index in [0.717, 1.165) is 84.4 Å². The number of unbranched alkanes of at least 4 members (excludes halogenated alkanes) is 1. The number of methoxy groups -OCH3 is 4. The maximum absolute atomic E-state index is 14.8. The van der Waals surface area contributed by atoms with Crippen molar-refractivity contribution in [2.24, 2.45) is 41.4 Å². The molecule has 4 aromatic heterocycles. The van der Waals surface area contributed by atoms with Crippen LogP contribution in [0.5, 0.6) is 5.75 Å². The molecular weight excluding hydrogens is 1660 g/mol. The number of imidazole rings is 1. The zero-order valence-electron chi connectivity index (χ0n) is 77.5. The lowest BCUT2D eigenvalue weighted by molar-refractivity contribution is -0.265. The summed E-state index contributed by atoms with van der Waals surface area (Å²) in [4.78, 5) is 112. The van der Waals surface area contributed by atoms with Crippen LogP contribution in [0.15, 0.2) is 84.4 Å². The number of aliphatic hydroxyl groups is 2. The first-order valence-electron chi connectivity index (χ1n) is 46.5. The molecule has 3 aliphatic heterocycles. The number of aryl methyl sites for hydroxylation is 1. The van der Waals surface area contributed by atoms with Gasteiger partial charge in [-0.2, -0.15) is 5.10 Å². The third-order valence-electron chi connectivity index (χ3n) is 25.8. The fourth-order valence-electron chi connectivity index (χ4n) is 18.1. The van der Waals surface area contributed by atoms with Crippen LogP contribution < -0.4 is 21.1 Å². The number of carbonyl (C=O) groups excluding carboxylic acids is 7. The van der Waals surface area contributed by atoms with Gasteiger partial charge in [0.05, 0.1) is 134 Å². The molecule has 4 fully saturated rings. The number of hydrogen-bond donors (Lipinski definition) is 6. The number of hydrogen-bond acceptors (Lipinski definition) is 28. The molecule has 1 aromatic carbocycles. The van der Waals surface area contributed by atoms with Crippen LogP contribution in [0, 0.1) is 41.4 Å². The number of ketones is 3. The van der Waals surface area contributed by atoms with Gasteiger partial charge < -0.3 is 98.0 Å². The molecule has 10 rings (SSSR count). The fourth-order valence-corrected chi connectivity index (χ4v) is 18.1. The van der Waals surface area contributed by atoms with Crippen molar-refractivity contribution in [3.63, 3.8) is 0 Å². The van der Waals surface area contributed by atoms with Crippen molar-refractivity contribution in [2.75, 3.05) is 140 Å². The molecule has 7 heterocycles. The summed E-state index contributed by atoms with van der Waals surface area (Å²) in [6, 6.07) is 6.70. The minimum Gasteiger partial charge on any atom is -0.495 e. The maximum atomic E-state index is 14.8. The zero-order chi connectivity index (χ0) is 92.4. The van der Waals surface area contributed by atoms with Gasteiger partial charge >= 0.3 is 5.97 Å². The molecular formula is C95H142N12O22. The number of nitrogens with one attached hydrogen (secondary N) is 3. The van der Waals surface area contributed by atoms with Crippen LogP contribution in [0.25, 0.3) is 27.8 Å². The molecule has 0 radical (unpaired) electrons. The van der Waals surface area contributed by atoms with Crippen LogP contribution in [0.1, 0.15) is 188 Å². The van der Waals surface area contributed by atoms with Gasteiger partial charge in [-0.25, -0.2) is 24.0 Å². The number of esters is 1. The van der Waals surface area contributed by atoms with E-state index in [2.05, 4.69) is 36.0 Å². The second-order valence-corrected chi connectivity index (χ2v) is 35.3. The Hall–Kier alpha value is -8.62. The molecule has 2 saturated carbocycles. The van der Waals surface area contributed by atoms with Crippen molar-refractivity contribution in [3.8, 4) is 17.1 Å². The normalized spacial score (nSPS) is 28.1. The second kappa shape index (κ2) is 52.6. The number of amides is 3. The van der Waals surface area contributed by atoms with Crippen LogP contribution in [-0.4, -0.2) is 284 Å². The summed E-state index contributed by atoms with van der Waals surface area (Å²) in [5.74, 6) is -6.50. The number of nitrogen functional groups attached to an aromatic ring is 1. The number of H-pyrrole nitrogens is 1. The number of carbonyl (C=O) groups is 7. The average Bonchev–Trinajstić information content (AvgIpc) is 1.61. The largest absolute Gasteiger partial charge is 0.495 e. The number of aromatic amines is 1. The monoisotopic (exact) mass is 1800 g/mol. The van der Waals surface area contributed by atoms with E-state index >= 15 is 0 Å². The number of allylic oxidation sites excluding steroid dienone is 6.